The Morgan fingerprint density at radius 1 is 1.26 bits per heavy atom. The summed E-state index contributed by atoms with van der Waals surface area (Å²) < 4.78 is 14.7. The van der Waals surface area contributed by atoms with E-state index in [9.17, 15) is 9.35 Å². The van der Waals surface area contributed by atoms with Crippen molar-refractivity contribution in [1.82, 2.24) is 4.90 Å². The highest BCUT2D eigenvalue weighted by Gasteiger charge is 2.06. The first-order valence-electron chi connectivity index (χ1n) is 7.77. The van der Waals surface area contributed by atoms with Crippen LogP contribution in [-0.2, 0) is 15.9 Å². The van der Waals surface area contributed by atoms with Crippen molar-refractivity contribution in [3.05, 3.63) is 29.8 Å². The van der Waals surface area contributed by atoms with E-state index in [-0.39, 0.29) is 5.97 Å². The molecule has 0 fully saturated rings. The maximum absolute atomic E-state index is 11.7. The number of ether oxygens (including phenoxy) is 1. The van der Waals surface area contributed by atoms with Gasteiger partial charge in [-0.25, -0.2) is 4.79 Å². The second-order valence-electron chi connectivity index (χ2n) is 5.54. The Morgan fingerprint density at radius 2 is 1.83 bits per heavy atom. The summed E-state index contributed by atoms with van der Waals surface area (Å²) in [5.41, 5.74) is 1.64. The summed E-state index contributed by atoms with van der Waals surface area (Å²) in [6.45, 7) is 4.28. The van der Waals surface area contributed by atoms with Gasteiger partial charge in [-0.2, -0.15) is 0 Å². The fourth-order valence-electron chi connectivity index (χ4n) is 1.54. The van der Waals surface area contributed by atoms with Crippen LogP contribution in [-0.4, -0.2) is 61.7 Å². The van der Waals surface area contributed by atoms with Crippen LogP contribution in [0.4, 0.5) is 5.69 Å². The Labute approximate surface area is 143 Å². The van der Waals surface area contributed by atoms with Crippen LogP contribution in [0, 0.1) is 0 Å². The Hall–Kier alpha value is -1.24. The van der Waals surface area contributed by atoms with E-state index in [2.05, 4.69) is 12.2 Å². The summed E-state index contributed by atoms with van der Waals surface area (Å²) in [6, 6.07) is 7.43. The topological polar surface area (TPSA) is 64.6 Å². The predicted molar refractivity (Wildman–Crippen MR) is 98.7 cm³/mol. The molecule has 0 radical (unpaired) electrons. The average molecular weight is 343 g/mol. The van der Waals surface area contributed by atoms with Gasteiger partial charge in [0, 0.05) is 18.8 Å². The molecule has 5 nitrogen and oxygen atoms in total. The molecule has 0 bridgehead atoms. The van der Waals surface area contributed by atoms with E-state index in [1.807, 2.05) is 31.1 Å². The number of nitrogens with zero attached hydrogens (tertiary/aromatic N) is 1. The van der Waals surface area contributed by atoms with Gasteiger partial charge in [0.25, 0.3) is 0 Å². The molecule has 6 heteroatoms. The Kier molecular flexibility index (Phi) is 12.5. The van der Waals surface area contributed by atoms with Crippen molar-refractivity contribution in [2.24, 2.45) is 0 Å². The molecule has 0 saturated carbocycles. The average Bonchev–Trinajstić information content (AvgIpc) is 2.47. The first-order valence-corrected chi connectivity index (χ1v) is 9.74. The summed E-state index contributed by atoms with van der Waals surface area (Å²) in [6.07, 6.45) is 5.59. The SMILES string of the molecule is CCCCNc1ccc(C(=O)OCCN(C)C)cc1.C[S+](C)[O-]. The molecule has 0 amide bonds. The number of nitrogens with one attached hydrogen (secondary N) is 1. The van der Waals surface area contributed by atoms with Crippen molar-refractivity contribution in [1.29, 1.82) is 0 Å². The Bertz CT molecular complexity index is 420. The minimum Gasteiger partial charge on any atom is -0.617 e. The minimum atomic E-state index is -0.611. The number of likely N-dealkylation sites (N-methyl/N-ethyl adjacent to an activating group) is 1. The van der Waals surface area contributed by atoms with Crippen molar-refractivity contribution in [2.75, 3.05) is 51.6 Å². The molecule has 0 saturated heterocycles. The molecule has 1 N–H and O–H groups in total. The minimum absolute atomic E-state index is 0.262. The van der Waals surface area contributed by atoms with E-state index in [1.54, 1.807) is 24.6 Å². The van der Waals surface area contributed by atoms with Gasteiger partial charge in [-0.05, 0) is 44.8 Å². The normalized spacial score (nSPS) is 10.3. The highest BCUT2D eigenvalue weighted by Crippen LogP contribution is 2.10. The van der Waals surface area contributed by atoms with E-state index in [0.717, 1.165) is 25.2 Å². The molecule has 0 spiro atoms. The van der Waals surface area contributed by atoms with E-state index >= 15 is 0 Å². The first kappa shape index (κ1) is 21.8. The third-order valence-corrected chi connectivity index (χ3v) is 2.75. The standard InChI is InChI=1S/C15H24N2O2.C2H6OS/c1-4-5-10-16-14-8-6-13(7-9-14)15(18)19-12-11-17(2)3;1-4(2)3/h6-9,16H,4-5,10-12H2,1-3H3;1-2H3. The number of hydrogen-bond donors (Lipinski definition) is 1. The van der Waals surface area contributed by atoms with Gasteiger partial charge in [0.2, 0.25) is 0 Å². The lowest BCUT2D eigenvalue weighted by Crippen LogP contribution is -2.20. The molecule has 0 aromatic heterocycles. The van der Waals surface area contributed by atoms with E-state index in [1.165, 1.54) is 6.42 Å². The van der Waals surface area contributed by atoms with Gasteiger partial charge < -0.3 is 19.5 Å². The summed E-state index contributed by atoms with van der Waals surface area (Å²) in [4.78, 5) is 13.7. The van der Waals surface area contributed by atoms with Gasteiger partial charge in [0.1, 0.15) is 6.61 Å². The first-order chi connectivity index (χ1) is 10.9. The van der Waals surface area contributed by atoms with Crippen LogP contribution in [0.1, 0.15) is 30.1 Å². The molecular weight excluding hydrogens is 312 g/mol. The van der Waals surface area contributed by atoms with Crippen molar-refractivity contribution in [3.8, 4) is 0 Å². The van der Waals surface area contributed by atoms with Gasteiger partial charge >= 0.3 is 5.97 Å². The van der Waals surface area contributed by atoms with Crippen LogP contribution in [0.5, 0.6) is 0 Å². The molecule has 0 aliphatic carbocycles. The lowest BCUT2D eigenvalue weighted by atomic mass is 10.2. The van der Waals surface area contributed by atoms with Crippen LogP contribution in [0.25, 0.3) is 0 Å². The van der Waals surface area contributed by atoms with Gasteiger partial charge in [0.05, 0.1) is 18.1 Å². The van der Waals surface area contributed by atoms with Crippen LogP contribution < -0.4 is 5.32 Å². The van der Waals surface area contributed by atoms with Gasteiger partial charge in [0.15, 0.2) is 0 Å². The maximum atomic E-state index is 11.7. The largest absolute Gasteiger partial charge is 0.617 e. The second-order valence-corrected chi connectivity index (χ2v) is 7.02. The predicted octanol–water partition coefficient (Wildman–Crippen LogP) is 2.61. The zero-order valence-corrected chi connectivity index (χ0v) is 15.7. The van der Waals surface area contributed by atoms with E-state index < -0.39 is 11.2 Å². The van der Waals surface area contributed by atoms with E-state index in [4.69, 9.17) is 4.74 Å². The number of carbonyl (C=O) groups is 1. The molecule has 132 valence electrons. The van der Waals surface area contributed by atoms with Crippen molar-refractivity contribution in [3.63, 3.8) is 0 Å². The number of unbranched alkanes of at least 4 members (excludes halogenated alkanes) is 1. The van der Waals surface area contributed by atoms with Crippen molar-refractivity contribution >= 4 is 22.8 Å². The zero-order valence-electron chi connectivity index (χ0n) is 14.9. The summed E-state index contributed by atoms with van der Waals surface area (Å²) >= 11 is -0.611. The summed E-state index contributed by atoms with van der Waals surface area (Å²) in [5, 5.41) is 3.31. The molecule has 0 aliphatic heterocycles. The third kappa shape index (κ3) is 12.9. The number of hydrogen-bond acceptors (Lipinski definition) is 5. The van der Waals surface area contributed by atoms with Gasteiger partial charge in [-0.1, -0.05) is 24.5 Å². The maximum Gasteiger partial charge on any atom is 0.338 e. The molecular formula is C17H30N2O3S. The molecule has 0 unspecified atom stereocenters. The monoisotopic (exact) mass is 342 g/mol. The smallest absolute Gasteiger partial charge is 0.338 e. The summed E-state index contributed by atoms with van der Waals surface area (Å²) in [5.74, 6) is -0.262. The number of benzene rings is 1. The van der Waals surface area contributed by atoms with Gasteiger partial charge in [-0.3, -0.25) is 0 Å². The Balaban J connectivity index is 0.00000108. The number of rotatable bonds is 8. The highest BCUT2D eigenvalue weighted by atomic mass is 32.2. The van der Waals surface area contributed by atoms with Crippen LogP contribution >= 0.6 is 0 Å². The lowest BCUT2D eigenvalue weighted by Gasteiger charge is -2.10. The highest BCUT2D eigenvalue weighted by molar-refractivity contribution is 7.89. The molecule has 1 aromatic carbocycles. The fraction of sp³-hybridized carbons (Fsp3) is 0.588. The lowest BCUT2D eigenvalue weighted by molar-refractivity contribution is 0.0482. The second kappa shape index (κ2) is 13.2. The van der Waals surface area contributed by atoms with Crippen LogP contribution in [0.15, 0.2) is 24.3 Å². The molecule has 0 atom stereocenters. The fourth-order valence-corrected chi connectivity index (χ4v) is 1.54. The Morgan fingerprint density at radius 3 is 2.30 bits per heavy atom. The van der Waals surface area contributed by atoms with Crippen LogP contribution in [0.3, 0.4) is 0 Å². The van der Waals surface area contributed by atoms with E-state index in [0.29, 0.717) is 12.2 Å². The molecule has 0 aliphatic rings. The molecule has 1 rings (SSSR count). The van der Waals surface area contributed by atoms with Gasteiger partial charge in [-0.15, -0.1) is 0 Å². The quantitative estimate of drug-likeness (QED) is 0.447. The third-order valence-electron chi connectivity index (χ3n) is 2.75. The zero-order chi connectivity index (χ0) is 17.7. The molecule has 23 heavy (non-hydrogen) atoms. The molecule has 0 heterocycles. The van der Waals surface area contributed by atoms with Crippen molar-refractivity contribution < 1.29 is 14.1 Å². The number of carbonyl (C=O) groups excluding carboxylic acids is 1. The molecule has 1 aromatic rings. The van der Waals surface area contributed by atoms with Crippen LogP contribution in [0.2, 0.25) is 0 Å². The number of esters is 1. The van der Waals surface area contributed by atoms with Crippen molar-refractivity contribution in [2.45, 2.75) is 19.8 Å². The summed E-state index contributed by atoms with van der Waals surface area (Å²) in [7, 11) is 3.90. The number of anilines is 1.